The molecule has 1 unspecified atom stereocenters. The fourth-order valence-corrected chi connectivity index (χ4v) is 1.43. The Morgan fingerprint density at radius 2 is 1.88 bits per heavy atom. The second-order valence-electron chi connectivity index (χ2n) is 3.43. The molecule has 1 atom stereocenters. The number of aliphatic hydroxyl groups is 1. The molecule has 0 saturated carbocycles. The molecule has 1 aromatic carbocycles. The molecule has 0 spiro atoms. The van der Waals surface area contributed by atoms with E-state index in [1.165, 1.54) is 31.4 Å². The first-order valence-corrected chi connectivity index (χ1v) is 5.04. The molecule has 0 bridgehead atoms. The van der Waals surface area contributed by atoms with Crippen LogP contribution in [0.5, 0.6) is 5.75 Å². The fraction of sp³-hybridized carbons (Fsp3) is 0.455. The molecule has 0 saturated heterocycles. The van der Waals surface area contributed by atoms with Gasteiger partial charge in [-0.2, -0.15) is 13.2 Å². The van der Waals surface area contributed by atoms with Gasteiger partial charge in [0.05, 0.1) is 13.7 Å². The lowest BCUT2D eigenvalue weighted by Gasteiger charge is -2.21. The molecule has 0 radical (unpaired) electrons. The maximum absolute atomic E-state index is 12.7. The van der Waals surface area contributed by atoms with E-state index in [-0.39, 0.29) is 18.7 Å². The summed E-state index contributed by atoms with van der Waals surface area (Å²) in [6, 6.07) is 3.85. The Hall–Kier alpha value is -1.27. The average Bonchev–Trinajstić information content (AvgIpc) is 2.29. The molecule has 1 rings (SSSR count). The summed E-state index contributed by atoms with van der Waals surface area (Å²) in [7, 11) is 1.44. The van der Waals surface area contributed by atoms with Gasteiger partial charge in [-0.15, -0.1) is 0 Å². The SMILES string of the molecule is COc1ccc(C(NCCO)C(F)(F)F)cc1. The maximum atomic E-state index is 12.7. The highest BCUT2D eigenvalue weighted by Gasteiger charge is 2.40. The van der Waals surface area contributed by atoms with Crippen LogP contribution in [-0.4, -0.2) is 31.5 Å². The van der Waals surface area contributed by atoms with E-state index in [9.17, 15) is 13.2 Å². The summed E-state index contributed by atoms with van der Waals surface area (Å²) in [4.78, 5) is 0. The van der Waals surface area contributed by atoms with E-state index >= 15 is 0 Å². The first kappa shape index (κ1) is 13.8. The van der Waals surface area contributed by atoms with Gasteiger partial charge in [-0.1, -0.05) is 12.1 Å². The summed E-state index contributed by atoms with van der Waals surface area (Å²) < 4.78 is 43.1. The van der Waals surface area contributed by atoms with E-state index < -0.39 is 12.2 Å². The molecule has 0 amide bonds. The zero-order valence-corrected chi connectivity index (χ0v) is 9.29. The number of alkyl halides is 3. The van der Waals surface area contributed by atoms with E-state index in [1.807, 2.05) is 0 Å². The van der Waals surface area contributed by atoms with Gasteiger partial charge in [0.1, 0.15) is 11.8 Å². The van der Waals surface area contributed by atoms with Crippen LogP contribution in [0.2, 0.25) is 0 Å². The molecule has 0 aromatic heterocycles. The van der Waals surface area contributed by atoms with Crippen LogP contribution in [0, 0.1) is 0 Å². The van der Waals surface area contributed by atoms with Crippen LogP contribution < -0.4 is 10.1 Å². The zero-order valence-electron chi connectivity index (χ0n) is 9.29. The lowest BCUT2D eigenvalue weighted by molar-refractivity contribution is -0.158. The molecule has 0 heterocycles. The molecule has 6 heteroatoms. The van der Waals surface area contributed by atoms with E-state index in [2.05, 4.69) is 5.32 Å². The Morgan fingerprint density at radius 3 is 2.29 bits per heavy atom. The van der Waals surface area contributed by atoms with Crippen molar-refractivity contribution in [2.75, 3.05) is 20.3 Å². The minimum Gasteiger partial charge on any atom is -0.497 e. The van der Waals surface area contributed by atoms with Crippen molar-refractivity contribution in [2.45, 2.75) is 12.2 Å². The van der Waals surface area contributed by atoms with E-state index in [1.54, 1.807) is 0 Å². The van der Waals surface area contributed by atoms with Crippen molar-refractivity contribution in [1.29, 1.82) is 0 Å². The molecule has 0 aliphatic carbocycles. The third kappa shape index (κ3) is 3.90. The van der Waals surface area contributed by atoms with Crippen molar-refractivity contribution in [3.8, 4) is 5.75 Å². The number of benzene rings is 1. The van der Waals surface area contributed by atoms with Crippen molar-refractivity contribution in [3.05, 3.63) is 29.8 Å². The van der Waals surface area contributed by atoms with Crippen molar-refractivity contribution in [2.24, 2.45) is 0 Å². The van der Waals surface area contributed by atoms with Gasteiger partial charge in [-0.25, -0.2) is 0 Å². The minimum absolute atomic E-state index is 0.0896. The van der Waals surface area contributed by atoms with Crippen LogP contribution in [0.3, 0.4) is 0 Å². The molecule has 0 aliphatic heterocycles. The number of methoxy groups -OCH3 is 1. The third-order valence-electron chi connectivity index (χ3n) is 2.24. The van der Waals surface area contributed by atoms with Gasteiger partial charge in [-0.05, 0) is 17.7 Å². The van der Waals surface area contributed by atoms with E-state index in [0.29, 0.717) is 5.75 Å². The van der Waals surface area contributed by atoms with Crippen LogP contribution >= 0.6 is 0 Å². The number of halogens is 3. The highest BCUT2D eigenvalue weighted by atomic mass is 19.4. The van der Waals surface area contributed by atoms with Crippen LogP contribution in [0.25, 0.3) is 0 Å². The van der Waals surface area contributed by atoms with Crippen molar-refractivity contribution >= 4 is 0 Å². The molecule has 2 N–H and O–H groups in total. The predicted octanol–water partition coefficient (Wildman–Crippen LogP) is 1.88. The Labute approximate surface area is 97.2 Å². The van der Waals surface area contributed by atoms with Crippen molar-refractivity contribution in [3.63, 3.8) is 0 Å². The number of rotatable bonds is 5. The Balaban J connectivity index is 2.88. The van der Waals surface area contributed by atoms with E-state index in [4.69, 9.17) is 9.84 Å². The fourth-order valence-electron chi connectivity index (χ4n) is 1.43. The Morgan fingerprint density at radius 1 is 1.29 bits per heavy atom. The number of hydrogen-bond donors (Lipinski definition) is 2. The van der Waals surface area contributed by atoms with Gasteiger partial charge in [-0.3, -0.25) is 0 Å². The Kier molecular flexibility index (Phi) is 4.77. The smallest absolute Gasteiger partial charge is 0.407 e. The first-order chi connectivity index (χ1) is 7.99. The third-order valence-corrected chi connectivity index (χ3v) is 2.24. The molecule has 1 aromatic rings. The summed E-state index contributed by atoms with van der Waals surface area (Å²) in [6.45, 7) is -0.459. The number of aliphatic hydroxyl groups excluding tert-OH is 1. The number of nitrogens with one attached hydrogen (secondary N) is 1. The summed E-state index contributed by atoms with van der Waals surface area (Å²) in [5, 5.41) is 10.8. The van der Waals surface area contributed by atoms with E-state index in [0.717, 1.165) is 0 Å². The predicted molar refractivity (Wildman–Crippen MR) is 56.9 cm³/mol. The normalized spacial score (nSPS) is 13.5. The van der Waals surface area contributed by atoms with Gasteiger partial charge < -0.3 is 15.2 Å². The highest BCUT2D eigenvalue weighted by molar-refractivity contribution is 5.29. The first-order valence-electron chi connectivity index (χ1n) is 5.04. The number of ether oxygens (including phenoxy) is 1. The van der Waals surface area contributed by atoms with Gasteiger partial charge >= 0.3 is 6.18 Å². The molecule has 96 valence electrons. The highest BCUT2D eigenvalue weighted by Crippen LogP contribution is 2.33. The average molecular weight is 249 g/mol. The summed E-state index contributed by atoms with van der Waals surface area (Å²) in [5.41, 5.74) is 0.0896. The van der Waals surface area contributed by atoms with Gasteiger partial charge in [0.2, 0.25) is 0 Å². The second-order valence-corrected chi connectivity index (χ2v) is 3.43. The van der Waals surface area contributed by atoms with Crippen LogP contribution in [-0.2, 0) is 0 Å². The van der Waals surface area contributed by atoms with Crippen LogP contribution in [0.15, 0.2) is 24.3 Å². The van der Waals surface area contributed by atoms with Gasteiger partial charge in [0.25, 0.3) is 0 Å². The standard InChI is InChI=1S/C11H14F3NO2/c1-17-9-4-2-8(3-5-9)10(11(12,13)14)15-6-7-16/h2-5,10,15-16H,6-7H2,1H3. The summed E-state index contributed by atoms with van der Waals surface area (Å²) >= 11 is 0. The lowest BCUT2D eigenvalue weighted by atomic mass is 10.1. The van der Waals surface area contributed by atoms with Crippen LogP contribution in [0.4, 0.5) is 13.2 Å². The molecule has 3 nitrogen and oxygen atoms in total. The molecular weight excluding hydrogens is 235 g/mol. The molecule has 0 fully saturated rings. The van der Waals surface area contributed by atoms with Crippen LogP contribution in [0.1, 0.15) is 11.6 Å². The number of hydrogen-bond acceptors (Lipinski definition) is 3. The molecule has 0 aliphatic rings. The second kappa shape index (κ2) is 5.88. The Bertz CT molecular complexity index is 338. The summed E-state index contributed by atoms with van der Waals surface area (Å²) in [5.74, 6) is 0.497. The minimum atomic E-state index is -4.40. The van der Waals surface area contributed by atoms with Gasteiger partial charge in [0.15, 0.2) is 0 Å². The maximum Gasteiger partial charge on any atom is 0.407 e. The quantitative estimate of drug-likeness (QED) is 0.837. The van der Waals surface area contributed by atoms with Crippen molar-refractivity contribution in [1.82, 2.24) is 5.32 Å². The molecule has 17 heavy (non-hydrogen) atoms. The molecular formula is C11H14F3NO2. The lowest BCUT2D eigenvalue weighted by Crippen LogP contribution is -2.35. The van der Waals surface area contributed by atoms with Crippen molar-refractivity contribution < 1.29 is 23.0 Å². The monoisotopic (exact) mass is 249 g/mol. The summed E-state index contributed by atoms with van der Waals surface area (Å²) in [6.07, 6.45) is -4.40. The topological polar surface area (TPSA) is 41.5 Å². The largest absolute Gasteiger partial charge is 0.497 e. The van der Waals surface area contributed by atoms with Gasteiger partial charge in [0, 0.05) is 6.54 Å². The zero-order chi connectivity index (χ0) is 12.9.